The number of methoxy groups -OCH3 is 1. The molecule has 0 aromatic heterocycles. The molecular formula is C14H20O3. The fourth-order valence-corrected chi connectivity index (χ4v) is 2.66. The number of hydrogen-bond acceptors (Lipinski definition) is 3. The highest BCUT2D eigenvalue weighted by Crippen LogP contribution is 2.38. The van der Waals surface area contributed by atoms with Gasteiger partial charge in [-0.25, -0.2) is 0 Å². The van der Waals surface area contributed by atoms with Crippen molar-refractivity contribution < 1.29 is 14.6 Å². The van der Waals surface area contributed by atoms with E-state index in [-0.39, 0.29) is 0 Å². The second-order valence-corrected chi connectivity index (χ2v) is 4.85. The molecule has 1 aromatic rings. The molecule has 0 aliphatic carbocycles. The second-order valence-electron chi connectivity index (χ2n) is 4.85. The van der Waals surface area contributed by atoms with Crippen LogP contribution in [-0.2, 0) is 10.3 Å². The summed E-state index contributed by atoms with van der Waals surface area (Å²) in [5.74, 6) is 0.760. The molecule has 1 saturated heterocycles. The van der Waals surface area contributed by atoms with Crippen molar-refractivity contribution in [2.45, 2.75) is 32.3 Å². The Bertz CT molecular complexity index is 406. The summed E-state index contributed by atoms with van der Waals surface area (Å²) in [6.45, 7) is 5.13. The molecule has 1 N–H and O–H groups in total. The highest BCUT2D eigenvalue weighted by molar-refractivity contribution is 5.46. The Morgan fingerprint density at radius 2 is 2.12 bits per heavy atom. The molecule has 1 fully saturated rings. The number of rotatable bonds is 2. The predicted octanol–water partition coefficient (Wildman–Crippen LogP) is 2.31. The topological polar surface area (TPSA) is 38.7 Å². The summed E-state index contributed by atoms with van der Waals surface area (Å²) in [6.07, 6.45) is 1.61. The van der Waals surface area contributed by atoms with Crippen molar-refractivity contribution in [2.24, 2.45) is 0 Å². The van der Waals surface area contributed by atoms with E-state index in [0.717, 1.165) is 41.9 Å². The fourth-order valence-electron chi connectivity index (χ4n) is 2.66. The normalized spacial score (nSPS) is 24.7. The van der Waals surface area contributed by atoms with E-state index >= 15 is 0 Å². The molecule has 0 saturated carbocycles. The monoisotopic (exact) mass is 236 g/mol. The summed E-state index contributed by atoms with van der Waals surface area (Å²) >= 11 is 0. The zero-order chi connectivity index (χ0) is 12.5. The number of ether oxygens (including phenoxy) is 2. The van der Waals surface area contributed by atoms with Gasteiger partial charge in [0.1, 0.15) is 11.4 Å². The standard InChI is InChI=1S/C14H20O3/c1-10-7-11(2)13(12(8-10)16-3)14(15)5-4-6-17-9-14/h7-8,15H,4-6,9H2,1-3H3. The quantitative estimate of drug-likeness (QED) is 0.856. The van der Waals surface area contributed by atoms with Gasteiger partial charge in [0.15, 0.2) is 0 Å². The summed E-state index contributed by atoms with van der Waals surface area (Å²) in [5.41, 5.74) is 2.19. The SMILES string of the molecule is COc1cc(C)cc(C)c1C1(O)CCCOC1. The van der Waals surface area contributed by atoms with Crippen LogP contribution in [0.25, 0.3) is 0 Å². The Kier molecular flexibility index (Phi) is 3.40. The van der Waals surface area contributed by atoms with Crippen LogP contribution in [-0.4, -0.2) is 25.4 Å². The van der Waals surface area contributed by atoms with E-state index in [1.54, 1.807) is 7.11 Å². The average molecular weight is 236 g/mol. The van der Waals surface area contributed by atoms with Gasteiger partial charge in [-0.1, -0.05) is 6.07 Å². The first-order chi connectivity index (χ1) is 8.07. The number of aliphatic hydroxyl groups is 1. The van der Waals surface area contributed by atoms with Crippen LogP contribution in [0.1, 0.15) is 29.5 Å². The minimum Gasteiger partial charge on any atom is -0.496 e. The van der Waals surface area contributed by atoms with Gasteiger partial charge >= 0.3 is 0 Å². The third-order valence-electron chi connectivity index (χ3n) is 3.35. The molecule has 0 amide bonds. The summed E-state index contributed by atoms with van der Waals surface area (Å²) in [6, 6.07) is 4.04. The van der Waals surface area contributed by atoms with Crippen molar-refractivity contribution in [1.29, 1.82) is 0 Å². The number of benzene rings is 1. The van der Waals surface area contributed by atoms with Crippen molar-refractivity contribution >= 4 is 0 Å². The van der Waals surface area contributed by atoms with Crippen molar-refractivity contribution in [3.63, 3.8) is 0 Å². The van der Waals surface area contributed by atoms with Gasteiger partial charge in [-0.2, -0.15) is 0 Å². The zero-order valence-corrected chi connectivity index (χ0v) is 10.7. The number of hydrogen-bond donors (Lipinski definition) is 1. The van der Waals surface area contributed by atoms with Gasteiger partial charge in [0.05, 0.1) is 13.7 Å². The number of aryl methyl sites for hydroxylation is 2. The average Bonchev–Trinajstić information content (AvgIpc) is 2.28. The van der Waals surface area contributed by atoms with E-state index in [1.807, 2.05) is 19.9 Å². The van der Waals surface area contributed by atoms with Crippen molar-refractivity contribution in [3.8, 4) is 5.75 Å². The Balaban J connectivity index is 2.49. The molecule has 1 aliphatic heterocycles. The van der Waals surface area contributed by atoms with Crippen LogP contribution in [0.5, 0.6) is 5.75 Å². The predicted molar refractivity (Wildman–Crippen MR) is 66.4 cm³/mol. The van der Waals surface area contributed by atoms with E-state index in [2.05, 4.69) is 6.07 Å². The maximum atomic E-state index is 10.7. The molecule has 2 rings (SSSR count). The maximum Gasteiger partial charge on any atom is 0.125 e. The smallest absolute Gasteiger partial charge is 0.125 e. The van der Waals surface area contributed by atoms with Gasteiger partial charge in [0, 0.05) is 12.2 Å². The van der Waals surface area contributed by atoms with E-state index < -0.39 is 5.60 Å². The summed E-state index contributed by atoms with van der Waals surface area (Å²) in [7, 11) is 1.64. The molecule has 17 heavy (non-hydrogen) atoms. The second kappa shape index (κ2) is 4.67. The maximum absolute atomic E-state index is 10.7. The summed E-state index contributed by atoms with van der Waals surface area (Å²) < 4.78 is 10.8. The summed E-state index contributed by atoms with van der Waals surface area (Å²) in [5, 5.41) is 10.7. The van der Waals surface area contributed by atoms with Crippen LogP contribution >= 0.6 is 0 Å². The van der Waals surface area contributed by atoms with E-state index in [1.165, 1.54) is 0 Å². The molecule has 1 aliphatic rings. The third-order valence-corrected chi connectivity index (χ3v) is 3.35. The first-order valence-electron chi connectivity index (χ1n) is 6.03. The van der Waals surface area contributed by atoms with Gasteiger partial charge < -0.3 is 14.6 Å². The molecule has 1 aromatic carbocycles. The van der Waals surface area contributed by atoms with Gasteiger partial charge in [-0.05, 0) is 43.9 Å². The zero-order valence-electron chi connectivity index (χ0n) is 10.7. The van der Waals surface area contributed by atoms with Crippen LogP contribution in [0.2, 0.25) is 0 Å². The highest BCUT2D eigenvalue weighted by atomic mass is 16.5. The first kappa shape index (κ1) is 12.4. The Labute approximate surface area is 102 Å². The largest absolute Gasteiger partial charge is 0.496 e. The highest BCUT2D eigenvalue weighted by Gasteiger charge is 2.36. The van der Waals surface area contributed by atoms with Gasteiger partial charge in [0.2, 0.25) is 0 Å². The van der Waals surface area contributed by atoms with Gasteiger partial charge in [0.25, 0.3) is 0 Å². The Hall–Kier alpha value is -1.06. The molecule has 1 heterocycles. The molecule has 0 radical (unpaired) electrons. The molecule has 0 bridgehead atoms. The van der Waals surface area contributed by atoms with E-state index in [0.29, 0.717) is 6.61 Å². The van der Waals surface area contributed by atoms with Crippen LogP contribution < -0.4 is 4.74 Å². The van der Waals surface area contributed by atoms with Crippen molar-refractivity contribution in [1.82, 2.24) is 0 Å². The first-order valence-corrected chi connectivity index (χ1v) is 6.03. The van der Waals surface area contributed by atoms with Crippen molar-refractivity contribution in [3.05, 3.63) is 28.8 Å². The lowest BCUT2D eigenvalue weighted by Crippen LogP contribution is -2.36. The van der Waals surface area contributed by atoms with Gasteiger partial charge in [-0.3, -0.25) is 0 Å². The van der Waals surface area contributed by atoms with Crippen LogP contribution in [0, 0.1) is 13.8 Å². The van der Waals surface area contributed by atoms with Crippen molar-refractivity contribution in [2.75, 3.05) is 20.3 Å². The molecule has 3 nitrogen and oxygen atoms in total. The van der Waals surface area contributed by atoms with Crippen LogP contribution in [0.15, 0.2) is 12.1 Å². The fraction of sp³-hybridized carbons (Fsp3) is 0.571. The Morgan fingerprint density at radius 3 is 2.71 bits per heavy atom. The molecular weight excluding hydrogens is 216 g/mol. The Morgan fingerprint density at radius 1 is 1.35 bits per heavy atom. The molecule has 3 heteroatoms. The third kappa shape index (κ3) is 2.31. The van der Waals surface area contributed by atoms with Gasteiger partial charge in [-0.15, -0.1) is 0 Å². The van der Waals surface area contributed by atoms with Crippen LogP contribution in [0.4, 0.5) is 0 Å². The van der Waals surface area contributed by atoms with Crippen LogP contribution in [0.3, 0.4) is 0 Å². The van der Waals surface area contributed by atoms with E-state index in [4.69, 9.17) is 9.47 Å². The molecule has 1 unspecified atom stereocenters. The lowest BCUT2D eigenvalue weighted by atomic mass is 9.84. The molecule has 94 valence electrons. The van der Waals surface area contributed by atoms with E-state index in [9.17, 15) is 5.11 Å². The minimum absolute atomic E-state index is 0.354. The molecule has 0 spiro atoms. The lowest BCUT2D eigenvalue weighted by molar-refractivity contribution is -0.0915. The molecule has 1 atom stereocenters. The minimum atomic E-state index is -0.901. The lowest BCUT2D eigenvalue weighted by Gasteiger charge is -2.34. The summed E-state index contributed by atoms with van der Waals surface area (Å²) in [4.78, 5) is 0.